The van der Waals surface area contributed by atoms with Crippen LogP contribution in [-0.4, -0.2) is 27.6 Å². The molecule has 134 valence electrons. The molecule has 1 aromatic carbocycles. The van der Waals surface area contributed by atoms with E-state index in [-0.39, 0.29) is 12.0 Å². The minimum absolute atomic E-state index is 0.138. The molecular weight excluding hydrogens is 347 g/mol. The number of rotatable bonds is 6. The first kappa shape index (κ1) is 19.0. The third kappa shape index (κ3) is 4.20. The molecule has 1 heterocycles. The fraction of sp³-hybridized carbons (Fsp3) is 0.333. The number of nitrogens with one attached hydrogen (secondary N) is 1. The van der Waals surface area contributed by atoms with Crippen LogP contribution in [0, 0.1) is 19.7 Å². The van der Waals surface area contributed by atoms with Crippen molar-refractivity contribution in [2.45, 2.75) is 39.8 Å². The van der Waals surface area contributed by atoms with Crippen molar-refractivity contribution in [1.82, 2.24) is 9.88 Å². The van der Waals surface area contributed by atoms with E-state index in [9.17, 15) is 19.1 Å². The Kier molecular flexibility index (Phi) is 5.85. The molecule has 7 heteroatoms. The summed E-state index contributed by atoms with van der Waals surface area (Å²) in [6, 6.07) is 4.38. The zero-order valence-electron chi connectivity index (χ0n) is 14.3. The highest BCUT2D eigenvalue weighted by atomic mass is 35.5. The van der Waals surface area contributed by atoms with Crippen molar-refractivity contribution in [3.63, 3.8) is 0 Å². The molecule has 1 aromatic heterocycles. The number of carboxylic acids is 1. The van der Waals surface area contributed by atoms with Crippen molar-refractivity contribution in [3.8, 4) is 0 Å². The Labute approximate surface area is 150 Å². The molecule has 0 saturated heterocycles. The van der Waals surface area contributed by atoms with Gasteiger partial charge in [-0.25, -0.2) is 9.18 Å². The van der Waals surface area contributed by atoms with Gasteiger partial charge < -0.3 is 15.0 Å². The molecule has 0 saturated carbocycles. The third-order valence-electron chi connectivity index (χ3n) is 4.17. The van der Waals surface area contributed by atoms with E-state index >= 15 is 0 Å². The average molecular weight is 367 g/mol. The fourth-order valence-electron chi connectivity index (χ4n) is 2.87. The monoisotopic (exact) mass is 366 g/mol. The third-order valence-corrected chi connectivity index (χ3v) is 4.40. The van der Waals surface area contributed by atoms with Gasteiger partial charge in [-0.1, -0.05) is 11.6 Å². The quantitative estimate of drug-likeness (QED) is 0.823. The second-order valence-corrected chi connectivity index (χ2v) is 6.27. The second kappa shape index (κ2) is 7.70. The van der Waals surface area contributed by atoms with Crippen LogP contribution in [0.15, 0.2) is 24.3 Å². The van der Waals surface area contributed by atoms with E-state index in [1.54, 1.807) is 13.0 Å². The first-order chi connectivity index (χ1) is 11.7. The van der Waals surface area contributed by atoms with Crippen LogP contribution >= 0.6 is 11.6 Å². The normalized spacial score (nSPS) is 12.0. The van der Waals surface area contributed by atoms with Gasteiger partial charge in [0.25, 0.3) is 5.91 Å². The van der Waals surface area contributed by atoms with Crippen LogP contribution in [0.5, 0.6) is 0 Å². The summed E-state index contributed by atoms with van der Waals surface area (Å²) in [7, 11) is 0. The average Bonchev–Trinajstić information content (AvgIpc) is 2.84. The molecule has 0 aliphatic rings. The number of halogens is 2. The van der Waals surface area contributed by atoms with Crippen LogP contribution in [0.2, 0.25) is 5.02 Å². The first-order valence-electron chi connectivity index (χ1n) is 7.88. The van der Waals surface area contributed by atoms with Gasteiger partial charge in [0.1, 0.15) is 11.9 Å². The summed E-state index contributed by atoms with van der Waals surface area (Å²) in [5.74, 6) is -2.30. The van der Waals surface area contributed by atoms with Gasteiger partial charge >= 0.3 is 5.97 Å². The molecule has 0 unspecified atom stereocenters. The predicted molar refractivity (Wildman–Crippen MR) is 93.6 cm³/mol. The van der Waals surface area contributed by atoms with E-state index in [2.05, 4.69) is 5.32 Å². The Bertz CT molecular complexity index is 817. The van der Waals surface area contributed by atoms with Crippen molar-refractivity contribution >= 4 is 23.5 Å². The molecule has 0 spiro atoms. The maximum absolute atomic E-state index is 13.9. The number of nitrogens with zero attached hydrogens (tertiary/aromatic N) is 1. The van der Waals surface area contributed by atoms with E-state index in [0.29, 0.717) is 17.1 Å². The molecule has 0 aliphatic heterocycles. The van der Waals surface area contributed by atoms with Gasteiger partial charge in [0.05, 0.1) is 5.56 Å². The summed E-state index contributed by atoms with van der Waals surface area (Å²) in [4.78, 5) is 24.0. The molecule has 2 N–H and O–H groups in total. The summed E-state index contributed by atoms with van der Waals surface area (Å²) in [5.41, 5.74) is 2.23. The van der Waals surface area contributed by atoms with Crippen LogP contribution < -0.4 is 5.32 Å². The molecule has 5 nitrogen and oxygen atoms in total. The Morgan fingerprint density at radius 1 is 1.32 bits per heavy atom. The van der Waals surface area contributed by atoms with Crippen molar-refractivity contribution in [1.29, 1.82) is 0 Å². The lowest BCUT2D eigenvalue weighted by atomic mass is 10.0. The molecule has 25 heavy (non-hydrogen) atoms. The van der Waals surface area contributed by atoms with E-state index in [1.165, 1.54) is 18.2 Å². The predicted octanol–water partition coefficient (Wildman–Crippen LogP) is 3.34. The maximum Gasteiger partial charge on any atom is 0.326 e. The molecule has 0 fully saturated rings. The lowest BCUT2D eigenvalue weighted by Crippen LogP contribution is -2.42. The lowest BCUT2D eigenvalue weighted by molar-refractivity contribution is -0.139. The van der Waals surface area contributed by atoms with Crippen LogP contribution in [0.3, 0.4) is 0 Å². The van der Waals surface area contributed by atoms with Crippen LogP contribution in [0.25, 0.3) is 0 Å². The van der Waals surface area contributed by atoms with Gasteiger partial charge in [0, 0.05) is 29.4 Å². The van der Waals surface area contributed by atoms with Gasteiger partial charge in [-0.2, -0.15) is 0 Å². The molecule has 1 atom stereocenters. The van der Waals surface area contributed by atoms with E-state index in [0.717, 1.165) is 11.4 Å². The summed E-state index contributed by atoms with van der Waals surface area (Å²) >= 11 is 5.83. The number of carbonyl (C=O) groups excluding carboxylic acids is 1. The Balaban J connectivity index is 2.23. The van der Waals surface area contributed by atoms with E-state index < -0.39 is 23.7 Å². The van der Waals surface area contributed by atoms with Crippen LogP contribution in [-0.2, 0) is 17.8 Å². The van der Waals surface area contributed by atoms with E-state index in [1.807, 2.05) is 18.4 Å². The number of aryl methyl sites for hydroxylation is 1. The summed E-state index contributed by atoms with van der Waals surface area (Å²) in [5, 5.41) is 12.2. The van der Waals surface area contributed by atoms with Gasteiger partial charge in [-0.3, -0.25) is 4.79 Å². The molecule has 2 aromatic rings. The van der Waals surface area contributed by atoms with Crippen LogP contribution in [0.4, 0.5) is 4.39 Å². The minimum Gasteiger partial charge on any atom is -0.480 e. The highest BCUT2D eigenvalue weighted by molar-refractivity contribution is 6.30. The number of hydrogen-bond donors (Lipinski definition) is 2. The zero-order valence-corrected chi connectivity index (χ0v) is 15.0. The topological polar surface area (TPSA) is 71.3 Å². The van der Waals surface area contributed by atoms with E-state index in [4.69, 9.17) is 11.6 Å². The molecule has 2 rings (SSSR count). The van der Waals surface area contributed by atoms with Crippen LogP contribution in [0.1, 0.15) is 34.2 Å². The number of carboxylic acid groups (broad SMARTS) is 1. The standard InChI is InChI=1S/C18H20ClFN2O3/c1-4-22-10(2)7-14(11(22)3)17(23)21-16(18(24)25)9-12-8-13(19)5-6-15(12)20/h5-8,16H,4,9H2,1-3H3,(H,21,23)(H,24,25)/t16-/m1/s1. The van der Waals surface area contributed by atoms with Crippen molar-refractivity contribution in [3.05, 3.63) is 57.6 Å². The number of benzene rings is 1. The summed E-state index contributed by atoms with van der Waals surface area (Å²) < 4.78 is 15.8. The lowest BCUT2D eigenvalue weighted by Gasteiger charge is -2.15. The van der Waals surface area contributed by atoms with Gasteiger partial charge in [0.2, 0.25) is 0 Å². The maximum atomic E-state index is 13.9. The number of aromatic nitrogens is 1. The molecular formula is C18H20ClFN2O3. The van der Waals surface area contributed by atoms with Crippen molar-refractivity contribution in [2.24, 2.45) is 0 Å². The van der Waals surface area contributed by atoms with Gasteiger partial charge in [0.15, 0.2) is 0 Å². The highest BCUT2D eigenvalue weighted by Gasteiger charge is 2.24. The molecule has 0 aliphatic carbocycles. The minimum atomic E-state index is -1.26. The largest absolute Gasteiger partial charge is 0.480 e. The smallest absolute Gasteiger partial charge is 0.326 e. The van der Waals surface area contributed by atoms with Gasteiger partial charge in [-0.05, 0) is 50.6 Å². The number of carbonyl (C=O) groups is 2. The molecule has 0 bridgehead atoms. The number of aliphatic carboxylic acids is 1. The Morgan fingerprint density at radius 2 is 2.00 bits per heavy atom. The fourth-order valence-corrected chi connectivity index (χ4v) is 3.07. The number of amides is 1. The Hall–Kier alpha value is -2.34. The van der Waals surface area contributed by atoms with Gasteiger partial charge in [-0.15, -0.1) is 0 Å². The highest BCUT2D eigenvalue weighted by Crippen LogP contribution is 2.18. The number of hydrogen-bond acceptors (Lipinski definition) is 2. The SMILES string of the molecule is CCn1c(C)cc(C(=O)N[C@H](Cc2cc(Cl)ccc2F)C(=O)O)c1C. The first-order valence-corrected chi connectivity index (χ1v) is 8.26. The van der Waals surface area contributed by atoms with Crippen molar-refractivity contribution < 1.29 is 19.1 Å². The second-order valence-electron chi connectivity index (χ2n) is 5.83. The molecule has 0 radical (unpaired) electrons. The van der Waals surface area contributed by atoms with Crippen molar-refractivity contribution in [2.75, 3.05) is 0 Å². The Morgan fingerprint density at radius 3 is 2.56 bits per heavy atom. The summed E-state index contributed by atoms with van der Waals surface area (Å²) in [6.45, 7) is 6.35. The molecule has 1 amide bonds. The zero-order chi connectivity index (χ0) is 18.7. The summed E-state index contributed by atoms with van der Waals surface area (Å²) in [6.07, 6.45) is -0.194.